The van der Waals surface area contributed by atoms with Crippen LogP contribution in [0.4, 0.5) is 23.7 Å². The summed E-state index contributed by atoms with van der Waals surface area (Å²) in [5, 5.41) is 2.91. The molecule has 0 saturated carbocycles. The van der Waals surface area contributed by atoms with Crippen molar-refractivity contribution in [2.45, 2.75) is 19.1 Å². The lowest BCUT2D eigenvalue weighted by molar-refractivity contribution is -0.137. The number of nitrogens with zero attached hydrogens (tertiary/aromatic N) is 2. The number of hydrogen-bond acceptors (Lipinski definition) is 4. The van der Waals surface area contributed by atoms with Crippen LogP contribution in [-0.2, 0) is 6.18 Å². The van der Waals surface area contributed by atoms with Crippen LogP contribution in [0.15, 0.2) is 51.7 Å². The Balaban J connectivity index is 1.36. The molecule has 2 amide bonds. The van der Waals surface area contributed by atoms with Gasteiger partial charge >= 0.3 is 18.0 Å². The molecule has 3 aromatic rings. The maximum Gasteiger partial charge on any atom is 0.417 e. The number of carbonyl (C=O) groups excluding carboxylic acids is 1. The van der Waals surface area contributed by atoms with Gasteiger partial charge < -0.3 is 19.5 Å². The molecule has 1 aliphatic rings. The third kappa shape index (κ3) is 4.52. The van der Waals surface area contributed by atoms with Crippen LogP contribution >= 0.6 is 0 Å². The molecule has 31 heavy (non-hydrogen) atoms. The van der Waals surface area contributed by atoms with Crippen molar-refractivity contribution in [1.82, 2.24) is 15.2 Å². The number of carbonyl (C=O) groups is 1. The lowest BCUT2D eigenvalue weighted by Gasteiger charge is -2.36. The molecule has 164 valence electrons. The summed E-state index contributed by atoms with van der Waals surface area (Å²) in [7, 11) is 0. The van der Waals surface area contributed by atoms with E-state index in [1.807, 2.05) is 11.8 Å². The number of alkyl halides is 3. The van der Waals surface area contributed by atoms with Gasteiger partial charge in [-0.05, 0) is 42.8 Å². The zero-order valence-corrected chi connectivity index (χ0v) is 16.7. The third-order valence-corrected chi connectivity index (χ3v) is 5.39. The van der Waals surface area contributed by atoms with Gasteiger partial charge in [-0.15, -0.1) is 0 Å². The normalized spacial score (nSPS) is 15.9. The lowest BCUT2D eigenvalue weighted by Crippen LogP contribution is -2.52. The van der Waals surface area contributed by atoms with Crippen LogP contribution in [0.2, 0.25) is 0 Å². The van der Waals surface area contributed by atoms with Crippen LogP contribution < -0.4 is 16.0 Å². The average molecular weight is 434 g/mol. The zero-order valence-electron chi connectivity index (χ0n) is 16.7. The van der Waals surface area contributed by atoms with E-state index in [1.165, 1.54) is 6.07 Å². The molecular weight excluding hydrogens is 413 g/mol. The largest absolute Gasteiger partial charge is 0.417 e. The standard InChI is InChI=1S/C21H21F3N4O3/c1-13(14-5-6-17-18(11-14)31-20(30)26-17)25-19(29)28-9-7-27(8-10-28)16-4-2-3-15(12-16)21(22,23)24/h2-6,11-13H,7-10H2,1H3,(H,25,29)(H,26,30). The van der Waals surface area contributed by atoms with Gasteiger partial charge in [-0.3, -0.25) is 4.98 Å². The Kier molecular flexibility index (Phi) is 5.38. The molecule has 1 unspecified atom stereocenters. The van der Waals surface area contributed by atoms with Gasteiger partial charge in [0, 0.05) is 31.9 Å². The Labute approximate surface area is 175 Å². The summed E-state index contributed by atoms with van der Waals surface area (Å²) in [6, 6.07) is 9.84. The summed E-state index contributed by atoms with van der Waals surface area (Å²) in [5.74, 6) is -0.539. The first-order valence-corrected chi connectivity index (χ1v) is 9.81. The highest BCUT2D eigenvalue weighted by atomic mass is 19.4. The van der Waals surface area contributed by atoms with Crippen molar-refractivity contribution >= 4 is 22.8 Å². The van der Waals surface area contributed by atoms with Crippen molar-refractivity contribution in [3.63, 3.8) is 0 Å². The predicted octanol–water partition coefficient (Wildman–Crippen LogP) is 3.73. The Morgan fingerprint density at radius 3 is 2.58 bits per heavy atom. The smallest absolute Gasteiger partial charge is 0.408 e. The van der Waals surface area contributed by atoms with Crippen LogP contribution in [-0.4, -0.2) is 42.1 Å². The maximum atomic E-state index is 12.9. The number of nitrogens with one attached hydrogen (secondary N) is 2. The minimum Gasteiger partial charge on any atom is -0.408 e. The molecule has 1 aliphatic heterocycles. The monoisotopic (exact) mass is 434 g/mol. The van der Waals surface area contributed by atoms with Crippen molar-refractivity contribution in [3.05, 3.63) is 64.1 Å². The molecule has 2 aromatic carbocycles. The summed E-state index contributed by atoms with van der Waals surface area (Å²) in [6.07, 6.45) is -4.39. The molecule has 0 spiro atoms. The maximum absolute atomic E-state index is 12.9. The minimum atomic E-state index is -4.39. The highest BCUT2D eigenvalue weighted by Crippen LogP contribution is 2.32. The van der Waals surface area contributed by atoms with Gasteiger partial charge in [0.05, 0.1) is 17.1 Å². The fourth-order valence-corrected chi connectivity index (χ4v) is 3.64. The molecule has 1 atom stereocenters. The fourth-order valence-electron chi connectivity index (χ4n) is 3.64. The first-order valence-electron chi connectivity index (χ1n) is 9.81. The first kappa shape index (κ1) is 20.8. The van der Waals surface area contributed by atoms with E-state index in [0.717, 1.165) is 17.7 Å². The second-order valence-electron chi connectivity index (χ2n) is 7.46. The van der Waals surface area contributed by atoms with Crippen LogP contribution in [0.5, 0.6) is 0 Å². The minimum absolute atomic E-state index is 0.258. The van der Waals surface area contributed by atoms with Gasteiger partial charge in [-0.1, -0.05) is 12.1 Å². The Morgan fingerprint density at radius 2 is 1.87 bits per heavy atom. The van der Waals surface area contributed by atoms with Crippen molar-refractivity contribution in [1.29, 1.82) is 0 Å². The number of hydrogen-bond donors (Lipinski definition) is 2. The van der Waals surface area contributed by atoms with E-state index in [2.05, 4.69) is 10.3 Å². The molecular formula is C21H21F3N4O3. The molecule has 10 heteroatoms. The van der Waals surface area contributed by atoms with Gasteiger partial charge in [0.15, 0.2) is 5.58 Å². The topological polar surface area (TPSA) is 81.6 Å². The molecule has 2 N–H and O–H groups in total. The number of fused-ring (bicyclic) bond motifs is 1. The lowest BCUT2D eigenvalue weighted by atomic mass is 10.1. The number of urea groups is 1. The number of rotatable bonds is 3. The SMILES string of the molecule is CC(NC(=O)N1CCN(c2cccc(C(F)(F)F)c2)CC1)c1ccc2[nH]c(=O)oc2c1. The van der Waals surface area contributed by atoms with Gasteiger partial charge in [0.1, 0.15) is 0 Å². The highest BCUT2D eigenvalue weighted by molar-refractivity contribution is 5.76. The zero-order chi connectivity index (χ0) is 22.2. The average Bonchev–Trinajstić information content (AvgIpc) is 3.12. The second-order valence-corrected chi connectivity index (χ2v) is 7.46. The number of benzene rings is 2. The third-order valence-electron chi connectivity index (χ3n) is 5.39. The van der Waals surface area contributed by atoms with Gasteiger partial charge in [-0.2, -0.15) is 13.2 Å². The van der Waals surface area contributed by atoms with E-state index >= 15 is 0 Å². The van der Waals surface area contributed by atoms with E-state index < -0.39 is 17.5 Å². The summed E-state index contributed by atoms with van der Waals surface area (Å²) >= 11 is 0. The molecule has 0 aliphatic carbocycles. The summed E-state index contributed by atoms with van der Waals surface area (Å²) in [4.78, 5) is 30.0. The molecule has 0 bridgehead atoms. The van der Waals surface area contributed by atoms with E-state index in [1.54, 1.807) is 29.2 Å². The van der Waals surface area contributed by atoms with Crippen LogP contribution in [0.3, 0.4) is 0 Å². The van der Waals surface area contributed by atoms with Gasteiger partial charge in [0.2, 0.25) is 0 Å². The quantitative estimate of drug-likeness (QED) is 0.658. The molecule has 2 heterocycles. The molecule has 4 rings (SSSR count). The van der Waals surface area contributed by atoms with Crippen molar-refractivity contribution in [2.75, 3.05) is 31.1 Å². The van der Waals surface area contributed by atoms with Crippen molar-refractivity contribution in [3.8, 4) is 0 Å². The Morgan fingerprint density at radius 1 is 1.13 bits per heavy atom. The summed E-state index contributed by atoms with van der Waals surface area (Å²) < 4.78 is 43.9. The van der Waals surface area contributed by atoms with E-state index in [9.17, 15) is 22.8 Å². The first-order chi connectivity index (χ1) is 14.7. The van der Waals surface area contributed by atoms with Gasteiger partial charge in [-0.25, -0.2) is 9.59 Å². The van der Waals surface area contributed by atoms with Crippen molar-refractivity contribution in [2.24, 2.45) is 0 Å². The molecule has 1 aromatic heterocycles. The number of H-pyrrole nitrogens is 1. The van der Waals surface area contributed by atoms with Gasteiger partial charge in [0.25, 0.3) is 0 Å². The van der Waals surface area contributed by atoms with Crippen molar-refractivity contribution < 1.29 is 22.4 Å². The summed E-state index contributed by atoms with van der Waals surface area (Å²) in [6.45, 7) is 3.47. The molecule has 7 nitrogen and oxygen atoms in total. The number of anilines is 1. The van der Waals surface area contributed by atoms with Crippen LogP contribution in [0.25, 0.3) is 11.1 Å². The van der Waals surface area contributed by atoms with E-state index in [0.29, 0.717) is 43.0 Å². The number of halogens is 3. The molecule has 0 radical (unpaired) electrons. The molecule has 1 saturated heterocycles. The fraction of sp³-hybridized carbons (Fsp3) is 0.333. The van der Waals surface area contributed by atoms with Crippen LogP contribution in [0, 0.1) is 0 Å². The number of aromatic nitrogens is 1. The number of aromatic amines is 1. The second kappa shape index (κ2) is 8.01. The Hall–Kier alpha value is -3.43. The van der Waals surface area contributed by atoms with E-state index in [4.69, 9.17) is 4.42 Å². The van der Waals surface area contributed by atoms with Crippen LogP contribution in [0.1, 0.15) is 24.1 Å². The summed E-state index contributed by atoms with van der Waals surface area (Å²) in [5.41, 5.74) is 1.58. The van der Waals surface area contributed by atoms with E-state index in [-0.39, 0.29) is 12.1 Å². The molecule has 1 fully saturated rings. The Bertz CT molecular complexity index is 1150. The highest BCUT2D eigenvalue weighted by Gasteiger charge is 2.31. The number of piperazine rings is 1. The number of oxazole rings is 1. The number of amides is 2. The predicted molar refractivity (Wildman–Crippen MR) is 109 cm³/mol.